The number of carbonyl (C=O) groups excluding carboxylic acids is 1. The van der Waals surface area contributed by atoms with Gasteiger partial charge in [-0.25, -0.2) is 0 Å². The lowest BCUT2D eigenvalue weighted by Gasteiger charge is -2.17. The third-order valence-electron chi connectivity index (χ3n) is 3.27. The molecule has 0 bridgehead atoms. The van der Waals surface area contributed by atoms with Gasteiger partial charge in [0.05, 0.1) is 13.2 Å². The molecule has 1 amide bonds. The maximum Gasteiger partial charge on any atom is 0.234 e. The summed E-state index contributed by atoms with van der Waals surface area (Å²) in [5, 5.41) is 11.8. The largest absolute Gasteiger partial charge is 0.395 e. The number of rotatable bonds is 6. The van der Waals surface area contributed by atoms with E-state index in [-0.39, 0.29) is 12.5 Å². The van der Waals surface area contributed by atoms with Gasteiger partial charge in [0.1, 0.15) is 0 Å². The number of hydrogen-bond acceptors (Lipinski definition) is 3. The zero-order valence-electron chi connectivity index (χ0n) is 12.4. The van der Waals surface area contributed by atoms with Crippen molar-refractivity contribution in [2.24, 2.45) is 0 Å². The van der Waals surface area contributed by atoms with Crippen molar-refractivity contribution in [3.63, 3.8) is 0 Å². The van der Waals surface area contributed by atoms with Crippen LogP contribution in [-0.2, 0) is 11.3 Å². The van der Waals surface area contributed by atoms with Crippen LogP contribution in [0.2, 0.25) is 0 Å². The highest BCUT2D eigenvalue weighted by molar-refractivity contribution is 5.78. The topological polar surface area (TPSA) is 52.6 Å². The van der Waals surface area contributed by atoms with Gasteiger partial charge in [-0.15, -0.1) is 0 Å². The average Bonchev–Trinajstić information content (AvgIpc) is 3.24. The van der Waals surface area contributed by atoms with Crippen molar-refractivity contribution in [3.05, 3.63) is 35.4 Å². The molecule has 1 fully saturated rings. The van der Waals surface area contributed by atoms with E-state index in [1.54, 1.807) is 0 Å². The summed E-state index contributed by atoms with van der Waals surface area (Å²) in [6, 6.07) is 8.33. The normalized spacial score (nSPS) is 13.7. The molecule has 21 heavy (non-hydrogen) atoms. The Bertz CT molecular complexity index is 541. The van der Waals surface area contributed by atoms with Gasteiger partial charge in [0.25, 0.3) is 0 Å². The maximum absolute atomic E-state index is 11.8. The van der Waals surface area contributed by atoms with Gasteiger partial charge < -0.3 is 10.4 Å². The number of nitrogens with zero attached hydrogens (tertiary/aromatic N) is 1. The van der Waals surface area contributed by atoms with Crippen LogP contribution in [0.3, 0.4) is 0 Å². The van der Waals surface area contributed by atoms with E-state index in [2.05, 4.69) is 17.2 Å². The summed E-state index contributed by atoms with van der Waals surface area (Å²) in [6.45, 7) is 1.16. The zero-order valence-corrected chi connectivity index (χ0v) is 12.4. The molecule has 0 unspecified atom stereocenters. The predicted octanol–water partition coefficient (Wildman–Crippen LogP) is 1.13. The predicted molar refractivity (Wildman–Crippen MR) is 82.5 cm³/mol. The van der Waals surface area contributed by atoms with Gasteiger partial charge in [0, 0.05) is 24.6 Å². The lowest BCUT2D eigenvalue weighted by atomic mass is 10.1. The molecule has 0 heterocycles. The van der Waals surface area contributed by atoms with Crippen LogP contribution in [0.15, 0.2) is 24.3 Å². The molecule has 1 saturated carbocycles. The summed E-state index contributed by atoms with van der Waals surface area (Å²) in [6.07, 6.45) is 2.70. The van der Waals surface area contributed by atoms with Crippen LogP contribution in [0.5, 0.6) is 0 Å². The molecule has 1 aromatic carbocycles. The van der Waals surface area contributed by atoms with Crippen LogP contribution >= 0.6 is 0 Å². The van der Waals surface area contributed by atoms with Gasteiger partial charge in [-0.3, -0.25) is 9.69 Å². The van der Waals surface area contributed by atoms with Crippen molar-refractivity contribution in [2.75, 3.05) is 20.2 Å². The first-order valence-electron chi connectivity index (χ1n) is 7.34. The van der Waals surface area contributed by atoms with E-state index in [0.717, 1.165) is 24.0 Å². The van der Waals surface area contributed by atoms with Crippen molar-refractivity contribution in [3.8, 4) is 11.8 Å². The highest BCUT2D eigenvalue weighted by Crippen LogP contribution is 2.18. The molecule has 1 aliphatic rings. The van der Waals surface area contributed by atoms with Crippen LogP contribution in [0.4, 0.5) is 0 Å². The molecule has 4 nitrogen and oxygen atoms in total. The third-order valence-corrected chi connectivity index (χ3v) is 3.27. The maximum atomic E-state index is 11.8. The molecule has 4 heteroatoms. The van der Waals surface area contributed by atoms with Crippen LogP contribution < -0.4 is 5.32 Å². The van der Waals surface area contributed by atoms with Gasteiger partial charge in [-0.1, -0.05) is 30.0 Å². The number of likely N-dealkylation sites (N-methyl/N-ethyl adjacent to an activating group) is 1. The van der Waals surface area contributed by atoms with E-state index in [9.17, 15) is 4.79 Å². The zero-order chi connectivity index (χ0) is 15.1. The number of benzene rings is 1. The molecule has 0 aromatic heterocycles. The number of nitrogens with one attached hydrogen (secondary N) is 1. The fourth-order valence-electron chi connectivity index (χ4n) is 2.09. The Morgan fingerprint density at radius 2 is 2.19 bits per heavy atom. The Balaban J connectivity index is 1.91. The van der Waals surface area contributed by atoms with E-state index in [0.29, 0.717) is 25.6 Å². The molecule has 112 valence electrons. The highest BCUT2D eigenvalue weighted by Gasteiger charge is 2.23. The summed E-state index contributed by atoms with van der Waals surface area (Å²) < 4.78 is 0. The summed E-state index contributed by atoms with van der Waals surface area (Å²) >= 11 is 0. The molecule has 0 spiro atoms. The van der Waals surface area contributed by atoms with Crippen LogP contribution in [0.25, 0.3) is 0 Å². The van der Waals surface area contributed by atoms with E-state index in [1.807, 2.05) is 36.2 Å². The Hall–Kier alpha value is -1.83. The van der Waals surface area contributed by atoms with Gasteiger partial charge in [0.2, 0.25) is 5.91 Å². The van der Waals surface area contributed by atoms with Crippen LogP contribution in [-0.4, -0.2) is 42.2 Å². The van der Waals surface area contributed by atoms with E-state index in [4.69, 9.17) is 5.11 Å². The first kappa shape index (κ1) is 15.6. The number of aliphatic hydroxyl groups excluding tert-OH is 1. The minimum atomic E-state index is 0.0798. The van der Waals surface area contributed by atoms with Gasteiger partial charge in [0.15, 0.2) is 0 Å². The standard InChI is InChI=1S/C17H22N2O2/c1-19(13-17(21)18-16-9-10-16)12-15-8-3-2-6-14(15)7-4-5-11-20/h2-3,6,8,16,20H,5,9-13H2,1H3,(H,18,21). The summed E-state index contributed by atoms with van der Waals surface area (Å²) in [5.74, 6) is 6.11. The summed E-state index contributed by atoms with van der Waals surface area (Å²) in [7, 11) is 1.93. The molecule has 0 radical (unpaired) electrons. The monoisotopic (exact) mass is 286 g/mol. The number of carbonyl (C=O) groups is 1. The van der Waals surface area contributed by atoms with Gasteiger partial charge >= 0.3 is 0 Å². The second-order valence-electron chi connectivity index (χ2n) is 5.45. The molecule has 1 aliphatic carbocycles. The van der Waals surface area contributed by atoms with Crippen LogP contribution in [0, 0.1) is 11.8 Å². The van der Waals surface area contributed by atoms with Gasteiger partial charge in [-0.2, -0.15) is 0 Å². The Kier molecular flexibility index (Phi) is 5.79. The minimum absolute atomic E-state index is 0.0798. The lowest BCUT2D eigenvalue weighted by molar-refractivity contribution is -0.122. The second-order valence-corrected chi connectivity index (χ2v) is 5.45. The number of hydrogen-bond donors (Lipinski definition) is 2. The molecule has 0 aliphatic heterocycles. The lowest BCUT2D eigenvalue weighted by Crippen LogP contribution is -2.36. The minimum Gasteiger partial charge on any atom is -0.395 e. The molecular weight excluding hydrogens is 264 g/mol. The molecule has 2 rings (SSSR count). The number of amides is 1. The van der Waals surface area contributed by atoms with Crippen molar-refractivity contribution in [2.45, 2.75) is 31.8 Å². The fourth-order valence-corrected chi connectivity index (χ4v) is 2.09. The SMILES string of the molecule is CN(CC(=O)NC1CC1)Cc1ccccc1C#CCCO. The average molecular weight is 286 g/mol. The first-order chi connectivity index (χ1) is 10.2. The second kappa shape index (κ2) is 7.82. The Morgan fingerprint density at radius 1 is 1.43 bits per heavy atom. The highest BCUT2D eigenvalue weighted by atomic mass is 16.2. The van der Waals surface area contributed by atoms with Crippen LogP contribution in [0.1, 0.15) is 30.4 Å². The summed E-state index contributed by atoms with van der Waals surface area (Å²) in [4.78, 5) is 13.8. The van der Waals surface area contributed by atoms with E-state index < -0.39 is 0 Å². The van der Waals surface area contributed by atoms with Crippen molar-refractivity contribution in [1.82, 2.24) is 10.2 Å². The molecule has 2 N–H and O–H groups in total. The fraction of sp³-hybridized carbons (Fsp3) is 0.471. The van der Waals surface area contributed by atoms with Gasteiger partial charge in [-0.05, 0) is 31.5 Å². The molecule has 0 saturated heterocycles. The molecule has 1 aromatic rings. The van der Waals surface area contributed by atoms with Crippen molar-refractivity contribution < 1.29 is 9.90 Å². The quantitative estimate of drug-likeness (QED) is 0.771. The van der Waals surface area contributed by atoms with Crippen molar-refractivity contribution in [1.29, 1.82) is 0 Å². The van der Waals surface area contributed by atoms with E-state index >= 15 is 0 Å². The number of aliphatic hydroxyl groups is 1. The first-order valence-corrected chi connectivity index (χ1v) is 7.34. The third kappa shape index (κ3) is 5.58. The molecular formula is C17H22N2O2. The Labute approximate surface area is 126 Å². The smallest absolute Gasteiger partial charge is 0.234 e. The Morgan fingerprint density at radius 3 is 2.90 bits per heavy atom. The molecule has 0 atom stereocenters. The van der Waals surface area contributed by atoms with Crippen molar-refractivity contribution >= 4 is 5.91 Å². The summed E-state index contributed by atoms with van der Waals surface area (Å²) in [5.41, 5.74) is 2.06. The van der Waals surface area contributed by atoms with E-state index in [1.165, 1.54) is 0 Å².